The van der Waals surface area contributed by atoms with Gasteiger partial charge >= 0.3 is 6.18 Å². The summed E-state index contributed by atoms with van der Waals surface area (Å²) in [4.78, 5) is 8.70. The van der Waals surface area contributed by atoms with Crippen LogP contribution in [0.15, 0.2) is 48.8 Å². The Hall–Kier alpha value is -3.96. The van der Waals surface area contributed by atoms with Gasteiger partial charge in [-0.25, -0.2) is 18.7 Å². The third-order valence-electron chi connectivity index (χ3n) is 5.96. The van der Waals surface area contributed by atoms with Gasteiger partial charge in [-0.3, -0.25) is 0 Å². The minimum absolute atomic E-state index is 0.0818. The van der Waals surface area contributed by atoms with Crippen LogP contribution in [-0.2, 0) is 6.54 Å². The zero-order valence-electron chi connectivity index (χ0n) is 19.3. The first-order valence-corrected chi connectivity index (χ1v) is 11.4. The Morgan fingerprint density at radius 2 is 1.92 bits per heavy atom. The molecule has 0 amide bonds. The summed E-state index contributed by atoms with van der Waals surface area (Å²) in [5.41, 5.74) is 1.68. The summed E-state index contributed by atoms with van der Waals surface area (Å²) in [5.74, 6) is 1.25. The maximum atomic E-state index is 14.8. The van der Waals surface area contributed by atoms with E-state index in [4.69, 9.17) is 4.74 Å². The topological polar surface area (TPSA) is 82.7 Å². The summed E-state index contributed by atoms with van der Waals surface area (Å²) < 4.78 is 60.1. The number of ether oxygens (including phenoxy) is 1. The molecule has 1 atom stereocenters. The van der Waals surface area contributed by atoms with E-state index in [2.05, 4.69) is 25.5 Å². The summed E-state index contributed by atoms with van der Waals surface area (Å²) >= 11 is 0. The highest BCUT2D eigenvalue weighted by atomic mass is 19.4. The fraction of sp³-hybridized carbons (Fsp3) is 0.333. The lowest BCUT2D eigenvalue weighted by molar-refractivity contribution is -0.153. The van der Waals surface area contributed by atoms with E-state index < -0.39 is 18.6 Å². The van der Waals surface area contributed by atoms with Crippen molar-refractivity contribution in [2.75, 3.05) is 11.9 Å². The van der Waals surface area contributed by atoms with Crippen molar-refractivity contribution in [3.8, 4) is 11.4 Å². The van der Waals surface area contributed by atoms with Crippen molar-refractivity contribution in [2.45, 2.75) is 44.8 Å². The molecule has 2 aromatic heterocycles. The van der Waals surface area contributed by atoms with E-state index >= 15 is 0 Å². The van der Waals surface area contributed by atoms with Crippen molar-refractivity contribution in [1.29, 1.82) is 0 Å². The molecule has 0 spiro atoms. The third-order valence-corrected chi connectivity index (χ3v) is 5.96. The normalized spacial score (nSPS) is 15.9. The lowest BCUT2D eigenvalue weighted by Crippen LogP contribution is -2.19. The van der Waals surface area contributed by atoms with Gasteiger partial charge in [-0.05, 0) is 55.7 Å². The molecule has 0 radical (unpaired) electrons. The minimum atomic E-state index is -4.39. The zero-order chi connectivity index (χ0) is 25.3. The molecule has 0 unspecified atom stereocenters. The number of aromatic nitrogens is 6. The molecule has 4 aromatic rings. The molecule has 1 aliphatic rings. The Bertz CT molecular complexity index is 1350. The molecule has 0 saturated carbocycles. The predicted molar refractivity (Wildman–Crippen MR) is 123 cm³/mol. The van der Waals surface area contributed by atoms with E-state index in [1.165, 1.54) is 29.2 Å². The van der Waals surface area contributed by atoms with Gasteiger partial charge in [-0.2, -0.15) is 23.3 Å². The molecule has 1 N–H and O–H groups in total. The van der Waals surface area contributed by atoms with Gasteiger partial charge in [0, 0.05) is 18.2 Å². The second-order valence-corrected chi connectivity index (χ2v) is 8.55. The van der Waals surface area contributed by atoms with Crippen LogP contribution in [0.5, 0.6) is 5.75 Å². The number of halogens is 4. The van der Waals surface area contributed by atoms with Gasteiger partial charge < -0.3 is 10.1 Å². The molecule has 12 heteroatoms. The highest BCUT2D eigenvalue weighted by molar-refractivity contribution is 5.56. The highest BCUT2D eigenvalue weighted by Gasteiger charge is 2.29. The lowest BCUT2D eigenvalue weighted by Gasteiger charge is -2.15. The van der Waals surface area contributed by atoms with Crippen LogP contribution in [0.3, 0.4) is 0 Å². The number of hydrogen-bond acceptors (Lipinski definition) is 6. The van der Waals surface area contributed by atoms with Crippen LogP contribution in [0, 0.1) is 12.7 Å². The smallest absolute Gasteiger partial charge is 0.422 e. The molecular weight excluding hydrogens is 478 g/mol. The number of aryl methyl sites for hydroxylation is 2. The largest absolute Gasteiger partial charge is 0.484 e. The number of nitrogens with zero attached hydrogens (tertiary/aromatic N) is 6. The van der Waals surface area contributed by atoms with Gasteiger partial charge in [0.2, 0.25) is 5.95 Å². The Morgan fingerprint density at radius 3 is 2.61 bits per heavy atom. The summed E-state index contributed by atoms with van der Waals surface area (Å²) in [6, 6.07) is 11.2. The van der Waals surface area contributed by atoms with Crippen LogP contribution >= 0.6 is 0 Å². The molecule has 0 aliphatic carbocycles. The Balaban J connectivity index is 1.35. The average Bonchev–Trinajstić information content (AvgIpc) is 3.38. The number of nitrogens with one attached hydrogen (secondary N) is 1. The van der Waals surface area contributed by atoms with E-state index in [1.807, 2.05) is 4.68 Å². The van der Waals surface area contributed by atoms with Crippen molar-refractivity contribution in [1.82, 2.24) is 29.5 Å². The Labute approximate surface area is 203 Å². The Morgan fingerprint density at radius 1 is 1.11 bits per heavy atom. The molecular formula is C24H23F4N7O. The van der Waals surface area contributed by atoms with Gasteiger partial charge in [0.25, 0.3) is 0 Å². The predicted octanol–water partition coefficient (Wildman–Crippen LogP) is 5.31. The molecule has 0 saturated heterocycles. The molecule has 2 aromatic carbocycles. The van der Waals surface area contributed by atoms with E-state index in [1.54, 1.807) is 31.2 Å². The molecule has 188 valence electrons. The standard InChI is InChI=1S/C24H23F4N7O/c1-15-29-14-30-35(15)21-10-7-17(12-20(21)25)31-23-32-22-19(4-2-3-11-34(22)33-23)16-5-8-18(9-6-16)36-13-24(26,27)28/h5-10,12,14,19H,2-4,11,13H2,1H3,(H,31,33)/t19-/m1/s1. The van der Waals surface area contributed by atoms with Crippen LogP contribution in [0.2, 0.25) is 0 Å². The van der Waals surface area contributed by atoms with Crippen molar-refractivity contribution < 1.29 is 22.3 Å². The fourth-order valence-corrected chi connectivity index (χ4v) is 4.27. The summed E-state index contributed by atoms with van der Waals surface area (Å²) in [7, 11) is 0. The third kappa shape index (κ3) is 5.16. The maximum Gasteiger partial charge on any atom is 0.422 e. The summed E-state index contributed by atoms with van der Waals surface area (Å²) in [5, 5.41) is 11.7. The van der Waals surface area contributed by atoms with Crippen molar-refractivity contribution >= 4 is 11.6 Å². The average molecular weight is 501 g/mol. The van der Waals surface area contributed by atoms with Gasteiger partial charge in [0.1, 0.15) is 29.4 Å². The van der Waals surface area contributed by atoms with Crippen LogP contribution in [-0.4, -0.2) is 42.3 Å². The first kappa shape index (κ1) is 23.8. The number of alkyl halides is 3. The maximum absolute atomic E-state index is 14.8. The summed E-state index contributed by atoms with van der Waals surface area (Å²) in [6.45, 7) is 1.09. The van der Waals surface area contributed by atoms with Gasteiger partial charge in [0.15, 0.2) is 12.4 Å². The molecule has 8 nitrogen and oxygen atoms in total. The zero-order valence-corrected chi connectivity index (χ0v) is 19.3. The first-order chi connectivity index (χ1) is 17.3. The molecule has 3 heterocycles. The number of fused-ring (bicyclic) bond motifs is 1. The fourth-order valence-electron chi connectivity index (χ4n) is 4.27. The molecule has 1 aliphatic heterocycles. The van der Waals surface area contributed by atoms with Crippen molar-refractivity contribution in [3.63, 3.8) is 0 Å². The van der Waals surface area contributed by atoms with Crippen LogP contribution in [0.25, 0.3) is 5.69 Å². The van der Waals surface area contributed by atoms with Crippen molar-refractivity contribution in [2.24, 2.45) is 0 Å². The second-order valence-electron chi connectivity index (χ2n) is 8.55. The molecule has 36 heavy (non-hydrogen) atoms. The lowest BCUT2D eigenvalue weighted by atomic mass is 9.93. The molecule has 0 bridgehead atoms. The van der Waals surface area contributed by atoms with Crippen LogP contribution in [0.4, 0.5) is 29.2 Å². The van der Waals surface area contributed by atoms with E-state index in [-0.39, 0.29) is 17.4 Å². The van der Waals surface area contributed by atoms with E-state index in [0.29, 0.717) is 24.0 Å². The van der Waals surface area contributed by atoms with Gasteiger partial charge in [0.05, 0.1) is 0 Å². The van der Waals surface area contributed by atoms with Crippen LogP contribution in [0.1, 0.15) is 42.4 Å². The molecule has 5 rings (SSSR count). The summed E-state index contributed by atoms with van der Waals surface area (Å²) in [6.07, 6.45) is -0.332. The molecule has 0 fully saturated rings. The minimum Gasteiger partial charge on any atom is -0.484 e. The highest BCUT2D eigenvalue weighted by Crippen LogP contribution is 2.33. The van der Waals surface area contributed by atoms with Crippen LogP contribution < -0.4 is 10.1 Å². The number of benzene rings is 2. The number of rotatable bonds is 6. The monoisotopic (exact) mass is 501 g/mol. The number of hydrogen-bond donors (Lipinski definition) is 1. The second kappa shape index (κ2) is 9.59. The number of anilines is 2. The van der Waals surface area contributed by atoms with Gasteiger partial charge in [-0.1, -0.05) is 18.6 Å². The quantitative estimate of drug-likeness (QED) is 0.361. The van der Waals surface area contributed by atoms with Gasteiger partial charge in [-0.15, -0.1) is 5.10 Å². The Kier molecular flexibility index (Phi) is 6.33. The SMILES string of the molecule is Cc1ncnn1-c1ccc(Nc2nc3n(n2)CCCC[C@@H]3c2ccc(OCC(F)(F)F)cc2)cc1F. The van der Waals surface area contributed by atoms with E-state index in [9.17, 15) is 17.6 Å². The first-order valence-electron chi connectivity index (χ1n) is 11.4. The van der Waals surface area contributed by atoms with E-state index in [0.717, 1.165) is 30.7 Å². The van der Waals surface area contributed by atoms with Crippen molar-refractivity contribution in [3.05, 3.63) is 71.8 Å².